The zero-order chi connectivity index (χ0) is 12.7. The monoisotopic (exact) mass is 238 g/mol. The van der Waals surface area contributed by atoms with Crippen LogP contribution in [0.25, 0.3) is 0 Å². The summed E-state index contributed by atoms with van der Waals surface area (Å²) in [6.07, 6.45) is 1.66. The first-order valence-corrected chi connectivity index (χ1v) is 5.76. The Morgan fingerprint density at radius 3 is 2.71 bits per heavy atom. The van der Waals surface area contributed by atoms with Gasteiger partial charge in [0.25, 0.3) is 5.91 Å². The molecule has 0 spiro atoms. The van der Waals surface area contributed by atoms with E-state index in [1.807, 2.05) is 13.8 Å². The Morgan fingerprint density at radius 1 is 1.35 bits per heavy atom. The summed E-state index contributed by atoms with van der Waals surface area (Å²) >= 11 is 0. The lowest BCUT2D eigenvalue weighted by Crippen LogP contribution is -2.37. The highest BCUT2D eigenvalue weighted by Gasteiger charge is 2.10. The number of hydrogen-bond donors (Lipinski definition) is 3. The zero-order valence-electron chi connectivity index (χ0n) is 10.2. The SMILES string of the molecule is CCCNC(=O)CNC(=O)c1cc(CC)[nH]n1. The molecular weight excluding hydrogens is 220 g/mol. The van der Waals surface area contributed by atoms with Gasteiger partial charge in [-0.2, -0.15) is 5.10 Å². The molecule has 0 unspecified atom stereocenters. The van der Waals surface area contributed by atoms with Crippen molar-refractivity contribution in [3.05, 3.63) is 17.5 Å². The molecule has 3 N–H and O–H groups in total. The Kier molecular flexibility index (Phi) is 5.19. The third-order valence-corrected chi connectivity index (χ3v) is 2.23. The minimum atomic E-state index is -0.340. The minimum Gasteiger partial charge on any atom is -0.355 e. The molecule has 94 valence electrons. The number of H-pyrrole nitrogens is 1. The van der Waals surface area contributed by atoms with Gasteiger partial charge in [-0.3, -0.25) is 14.7 Å². The molecule has 0 radical (unpaired) electrons. The average molecular weight is 238 g/mol. The van der Waals surface area contributed by atoms with Crippen LogP contribution in [0.1, 0.15) is 36.5 Å². The summed E-state index contributed by atoms with van der Waals surface area (Å²) in [5.41, 5.74) is 1.20. The molecule has 1 aromatic heterocycles. The van der Waals surface area contributed by atoms with Gasteiger partial charge in [0, 0.05) is 12.2 Å². The molecule has 0 saturated carbocycles. The summed E-state index contributed by atoms with van der Waals surface area (Å²) in [5.74, 6) is -0.529. The first kappa shape index (κ1) is 13.2. The number of nitrogens with one attached hydrogen (secondary N) is 3. The number of hydrogen-bond acceptors (Lipinski definition) is 3. The van der Waals surface area contributed by atoms with Gasteiger partial charge < -0.3 is 10.6 Å². The smallest absolute Gasteiger partial charge is 0.272 e. The number of carbonyl (C=O) groups is 2. The molecule has 0 aliphatic carbocycles. The zero-order valence-corrected chi connectivity index (χ0v) is 10.2. The first-order valence-electron chi connectivity index (χ1n) is 5.76. The molecule has 0 atom stereocenters. The summed E-state index contributed by atoms with van der Waals surface area (Å²) in [5, 5.41) is 11.8. The molecule has 0 fully saturated rings. The highest BCUT2D eigenvalue weighted by atomic mass is 16.2. The fourth-order valence-electron chi connectivity index (χ4n) is 1.24. The topological polar surface area (TPSA) is 86.9 Å². The summed E-state index contributed by atoms with van der Waals surface area (Å²) in [4.78, 5) is 22.8. The van der Waals surface area contributed by atoms with E-state index in [0.717, 1.165) is 18.5 Å². The van der Waals surface area contributed by atoms with E-state index >= 15 is 0 Å². The lowest BCUT2D eigenvalue weighted by Gasteiger charge is -2.04. The Morgan fingerprint density at radius 2 is 2.12 bits per heavy atom. The van der Waals surface area contributed by atoms with Crippen LogP contribution in [0.4, 0.5) is 0 Å². The van der Waals surface area contributed by atoms with Gasteiger partial charge >= 0.3 is 0 Å². The van der Waals surface area contributed by atoms with Crippen molar-refractivity contribution in [3.63, 3.8) is 0 Å². The van der Waals surface area contributed by atoms with Crippen LogP contribution in [0.15, 0.2) is 6.07 Å². The van der Waals surface area contributed by atoms with Crippen molar-refractivity contribution in [2.24, 2.45) is 0 Å². The van der Waals surface area contributed by atoms with Gasteiger partial charge in [0.2, 0.25) is 5.91 Å². The van der Waals surface area contributed by atoms with E-state index in [-0.39, 0.29) is 18.4 Å². The highest BCUT2D eigenvalue weighted by Crippen LogP contribution is 1.99. The van der Waals surface area contributed by atoms with Crippen LogP contribution < -0.4 is 10.6 Å². The summed E-state index contributed by atoms with van der Waals surface area (Å²) in [6.45, 7) is 4.53. The molecule has 2 amide bonds. The maximum atomic E-state index is 11.6. The molecule has 0 aliphatic heterocycles. The van der Waals surface area contributed by atoms with Crippen molar-refractivity contribution in [2.45, 2.75) is 26.7 Å². The second kappa shape index (κ2) is 6.67. The maximum absolute atomic E-state index is 11.6. The van der Waals surface area contributed by atoms with E-state index in [1.54, 1.807) is 6.07 Å². The van der Waals surface area contributed by atoms with Gasteiger partial charge in [0.15, 0.2) is 0 Å². The number of aromatic nitrogens is 2. The Hall–Kier alpha value is -1.85. The van der Waals surface area contributed by atoms with Crippen LogP contribution in [-0.2, 0) is 11.2 Å². The van der Waals surface area contributed by atoms with Crippen LogP contribution >= 0.6 is 0 Å². The fourth-order valence-corrected chi connectivity index (χ4v) is 1.24. The number of nitrogens with zero attached hydrogens (tertiary/aromatic N) is 1. The van der Waals surface area contributed by atoms with Crippen molar-refractivity contribution in [1.82, 2.24) is 20.8 Å². The predicted molar refractivity (Wildman–Crippen MR) is 63.6 cm³/mol. The summed E-state index contributed by atoms with van der Waals surface area (Å²) in [6, 6.07) is 1.68. The number of carbonyl (C=O) groups excluding carboxylic acids is 2. The Bertz CT molecular complexity index is 387. The van der Waals surface area contributed by atoms with E-state index in [2.05, 4.69) is 20.8 Å². The summed E-state index contributed by atoms with van der Waals surface area (Å²) < 4.78 is 0. The quantitative estimate of drug-likeness (QED) is 0.663. The standard InChI is InChI=1S/C11H18N4O2/c1-3-5-12-10(16)7-13-11(17)9-6-8(4-2)14-15-9/h6H,3-5,7H2,1-2H3,(H,12,16)(H,13,17)(H,14,15). The van der Waals surface area contributed by atoms with E-state index in [0.29, 0.717) is 12.2 Å². The molecule has 1 rings (SSSR count). The Balaban J connectivity index is 2.36. The largest absolute Gasteiger partial charge is 0.355 e. The van der Waals surface area contributed by atoms with Crippen LogP contribution in [0.2, 0.25) is 0 Å². The van der Waals surface area contributed by atoms with Crippen molar-refractivity contribution < 1.29 is 9.59 Å². The second-order valence-corrected chi connectivity index (χ2v) is 3.66. The third kappa shape index (κ3) is 4.26. The molecule has 0 aromatic carbocycles. The van der Waals surface area contributed by atoms with E-state index in [1.165, 1.54) is 0 Å². The normalized spacial score (nSPS) is 10.0. The first-order chi connectivity index (χ1) is 8.17. The predicted octanol–water partition coefficient (Wildman–Crippen LogP) is 0.228. The molecule has 1 aromatic rings. The van der Waals surface area contributed by atoms with Crippen LogP contribution in [-0.4, -0.2) is 35.1 Å². The van der Waals surface area contributed by atoms with Crippen molar-refractivity contribution in [2.75, 3.05) is 13.1 Å². The van der Waals surface area contributed by atoms with Crippen molar-refractivity contribution in [3.8, 4) is 0 Å². The second-order valence-electron chi connectivity index (χ2n) is 3.66. The number of amides is 2. The molecule has 0 aliphatic rings. The molecule has 6 heteroatoms. The molecule has 0 saturated heterocycles. The molecule has 0 bridgehead atoms. The van der Waals surface area contributed by atoms with Crippen LogP contribution in [0.5, 0.6) is 0 Å². The minimum absolute atomic E-state index is 0.0207. The average Bonchev–Trinajstić information content (AvgIpc) is 2.82. The van der Waals surface area contributed by atoms with E-state index in [4.69, 9.17) is 0 Å². The van der Waals surface area contributed by atoms with Crippen molar-refractivity contribution >= 4 is 11.8 Å². The van der Waals surface area contributed by atoms with Crippen molar-refractivity contribution in [1.29, 1.82) is 0 Å². The van der Waals surface area contributed by atoms with Crippen LogP contribution in [0.3, 0.4) is 0 Å². The third-order valence-electron chi connectivity index (χ3n) is 2.23. The van der Waals surface area contributed by atoms with Gasteiger partial charge in [-0.05, 0) is 18.9 Å². The fraction of sp³-hybridized carbons (Fsp3) is 0.545. The van der Waals surface area contributed by atoms with E-state index in [9.17, 15) is 9.59 Å². The van der Waals surface area contributed by atoms with Gasteiger partial charge in [0.1, 0.15) is 5.69 Å². The van der Waals surface area contributed by atoms with Gasteiger partial charge in [0.05, 0.1) is 6.54 Å². The van der Waals surface area contributed by atoms with Gasteiger partial charge in [-0.1, -0.05) is 13.8 Å². The van der Waals surface area contributed by atoms with Crippen LogP contribution in [0, 0.1) is 0 Å². The van der Waals surface area contributed by atoms with E-state index < -0.39 is 0 Å². The number of aryl methyl sites for hydroxylation is 1. The Labute approximate surface area is 100 Å². The lowest BCUT2D eigenvalue weighted by molar-refractivity contribution is -0.120. The summed E-state index contributed by atoms with van der Waals surface area (Å²) in [7, 11) is 0. The maximum Gasteiger partial charge on any atom is 0.272 e. The molecular formula is C11H18N4O2. The molecule has 6 nitrogen and oxygen atoms in total. The van der Waals surface area contributed by atoms with Gasteiger partial charge in [-0.25, -0.2) is 0 Å². The lowest BCUT2D eigenvalue weighted by atomic mass is 10.3. The highest BCUT2D eigenvalue weighted by molar-refractivity contribution is 5.94. The number of aromatic amines is 1. The molecule has 17 heavy (non-hydrogen) atoms. The molecule has 1 heterocycles. The number of rotatable bonds is 6. The van der Waals surface area contributed by atoms with Gasteiger partial charge in [-0.15, -0.1) is 0 Å².